The van der Waals surface area contributed by atoms with Crippen LogP contribution in [0.25, 0.3) is 11.4 Å². The lowest BCUT2D eigenvalue weighted by atomic mass is 10.2. The fourth-order valence-corrected chi connectivity index (χ4v) is 5.00. The van der Waals surface area contributed by atoms with Crippen LogP contribution < -0.4 is 0 Å². The average molecular weight is 420 g/mol. The molecule has 0 amide bonds. The predicted molar refractivity (Wildman–Crippen MR) is 106 cm³/mol. The van der Waals surface area contributed by atoms with Gasteiger partial charge in [-0.2, -0.15) is 9.57 Å². The summed E-state index contributed by atoms with van der Waals surface area (Å²) >= 11 is 1.30. The van der Waals surface area contributed by atoms with Crippen molar-refractivity contribution in [1.82, 2.24) is 19.1 Å². The number of sulfonamides is 1. The second-order valence-electron chi connectivity index (χ2n) is 6.14. The van der Waals surface area contributed by atoms with Gasteiger partial charge in [-0.25, -0.2) is 8.42 Å². The molecule has 1 aliphatic heterocycles. The lowest BCUT2D eigenvalue weighted by Gasteiger charge is -2.26. The van der Waals surface area contributed by atoms with Gasteiger partial charge in [0, 0.05) is 25.2 Å². The molecule has 1 unspecified atom stereocenters. The van der Waals surface area contributed by atoms with E-state index < -0.39 is 10.0 Å². The van der Waals surface area contributed by atoms with Crippen molar-refractivity contribution < 1.29 is 13.2 Å². The third-order valence-corrected chi connectivity index (χ3v) is 7.06. The third-order valence-electron chi connectivity index (χ3n) is 4.19. The standard InChI is InChI=1S/C18H21N5O3S2/c1-3-7-23-17(20-21-18(23)27-14(2)13-19)15-5-4-6-16(12-15)28(24,25)22-8-10-26-11-9-22/h3-6,12,14H,1,7-11H2,2H3. The topological polar surface area (TPSA) is 101 Å². The van der Waals surface area contributed by atoms with Crippen molar-refractivity contribution in [1.29, 1.82) is 5.26 Å². The van der Waals surface area contributed by atoms with Gasteiger partial charge in [-0.3, -0.25) is 4.57 Å². The largest absolute Gasteiger partial charge is 0.379 e. The van der Waals surface area contributed by atoms with Crippen molar-refractivity contribution in [3.05, 3.63) is 36.9 Å². The van der Waals surface area contributed by atoms with Crippen LogP contribution in [0.15, 0.2) is 47.0 Å². The van der Waals surface area contributed by atoms with E-state index in [1.807, 2.05) is 4.57 Å². The van der Waals surface area contributed by atoms with Crippen molar-refractivity contribution in [2.45, 2.75) is 28.8 Å². The number of rotatable bonds is 7. The van der Waals surface area contributed by atoms with Crippen LogP contribution in [0.4, 0.5) is 0 Å². The molecular formula is C18H21N5O3S2. The molecule has 148 valence electrons. The predicted octanol–water partition coefficient (Wildman–Crippen LogP) is 2.16. The fourth-order valence-electron chi connectivity index (χ4n) is 2.80. The summed E-state index contributed by atoms with van der Waals surface area (Å²) in [6, 6.07) is 8.84. The quantitative estimate of drug-likeness (QED) is 0.501. The minimum atomic E-state index is -3.61. The first kappa shape index (κ1) is 20.5. The maximum absolute atomic E-state index is 12.9. The molecule has 1 aromatic carbocycles. The molecule has 2 heterocycles. The van der Waals surface area contributed by atoms with Crippen molar-refractivity contribution in [2.75, 3.05) is 26.3 Å². The van der Waals surface area contributed by atoms with Gasteiger partial charge in [0.1, 0.15) is 0 Å². The molecule has 0 saturated carbocycles. The maximum atomic E-state index is 12.9. The van der Waals surface area contributed by atoms with Gasteiger partial charge in [0.15, 0.2) is 11.0 Å². The minimum absolute atomic E-state index is 0.208. The molecule has 2 aromatic rings. The molecule has 0 N–H and O–H groups in total. The van der Waals surface area contributed by atoms with Gasteiger partial charge >= 0.3 is 0 Å². The molecule has 1 fully saturated rings. The molecule has 3 rings (SSSR count). The summed E-state index contributed by atoms with van der Waals surface area (Å²) < 4.78 is 34.4. The second kappa shape index (κ2) is 8.87. The number of aromatic nitrogens is 3. The summed E-state index contributed by atoms with van der Waals surface area (Å²) in [5.74, 6) is 0.534. The highest BCUT2D eigenvalue weighted by Gasteiger charge is 2.27. The number of nitrogens with zero attached hydrogens (tertiary/aromatic N) is 5. The van der Waals surface area contributed by atoms with Crippen LogP contribution in [0.1, 0.15) is 6.92 Å². The molecule has 0 radical (unpaired) electrons. The molecule has 8 nitrogen and oxygen atoms in total. The van der Waals surface area contributed by atoms with Gasteiger partial charge < -0.3 is 4.74 Å². The van der Waals surface area contributed by atoms with E-state index in [1.165, 1.54) is 16.1 Å². The molecule has 10 heteroatoms. The number of hydrogen-bond donors (Lipinski definition) is 0. The summed E-state index contributed by atoms with van der Waals surface area (Å²) in [5, 5.41) is 17.8. The number of benzene rings is 1. The van der Waals surface area contributed by atoms with E-state index in [2.05, 4.69) is 22.8 Å². The Morgan fingerprint density at radius 3 is 2.82 bits per heavy atom. The zero-order chi connectivity index (χ0) is 20.1. The minimum Gasteiger partial charge on any atom is -0.379 e. The van der Waals surface area contributed by atoms with Gasteiger partial charge in [0.25, 0.3) is 0 Å². The highest BCUT2D eigenvalue weighted by molar-refractivity contribution is 8.00. The number of allylic oxidation sites excluding steroid dienone is 1. The number of nitriles is 1. The zero-order valence-corrected chi connectivity index (χ0v) is 17.1. The maximum Gasteiger partial charge on any atom is 0.243 e. The van der Waals surface area contributed by atoms with Gasteiger partial charge in [0.2, 0.25) is 10.0 Å². The van der Waals surface area contributed by atoms with Crippen LogP contribution in [-0.4, -0.2) is 59.0 Å². The summed E-state index contributed by atoms with van der Waals surface area (Å²) in [6.07, 6.45) is 1.71. The Morgan fingerprint density at radius 2 is 2.14 bits per heavy atom. The first-order valence-corrected chi connectivity index (χ1v) is 11.1. The first-order chi connectivity index (χ1) is 13.5. The van der Waals surface area contributed by atoms with E-state index in [9.17, 15) is 8.42 Å². The Bertz CT molecular complexity index is 991. The number of morpholine rings is 1. The van der Waals surface area contributed by atoms with Gasteiger partial charge in [-0.15, -0.1) is 16.8 Å². The van der Waals surface area contributed by atoms with E-state index >= 15 is 0 Å². The van der Waals surface area contributed by atoms with Crippen molar-refractivity contribution >= 4 is 21.8 Å². The Kier molecular flexibility index (Phi) is 6.51. The first-order valence-electron chi connectivity index (χ1n) is 8.76. The summed E-state index contributed by atoms with van der Waals surface area (Å²) in [4.78, 5) is 0.208. The molecule has 0 spiro atoms. The lowest BCUT2D eigenvalue weighted by molar-refractivity contribution is 0.0730. The molecular weight excluding hydrogens is 398 g/mol. The van der Waals surface area contributed by atoms with Crippen molar-refractivity contribution in [2.24, 2.45) is 0 Å². The highest BCUT2D eigenvalue weighted by Crippen LogP contribution is 2.28. The van der Waals surface area contributed by atoms with E-state index in [4.69, 9.17) is 10.00 Å². The molecule has 1 saturated heterocycles. The molecule has 1 aromatic heterocycles. The van der Waals surface area contributed by atoms with Crippen molar-refractivity contribution in [3.63, 3.8) is 0 Å². The summed E-state index contributed by atoms with van der Waals surface area (Å²) in [6.45, 7) is 7.46. The van der Waals surface area contributed by atoms with Gasteiger partial charge in [-0.05, 0) is 19.1 Å². The number of thioether (sulfide) groups is 1. The van der Waals surface area contributed by atoms with E-state index in [-0.39, 0.29) is 10.1 Å². The number of ether oxygens (including phenoxy) is 1. The Balaban J connectivity index is 1.98. The normalized spacial score (nSPS) is 16.4. The molecule has 28 heavy (non-hydrogen) atoms. The monoisotopic (exact) mass is 419 g/mol. The Hall–Kier alpha value is -2.19. The Morgan fingerprint density at radius 1 is 1.39 bits per heavy atom. The molecule has 0 bridgehead atoms. The lowest BCUT2D eigenvalue weighted by Crippen LogP contribution is -2.40. The van der Waals surface area contributed by atoms with Crippen LogP contribution in [0.5, 0.6) is 0 Å². The van der Waals surface area contributed by atoms with Crippen LogP contribution >= 0.6 is 11.8 Å². The van der Waals surface area contributed by atoms with Crippen LogP contribution in [0.2, 0.25) is 0 Å². The van der Waals surface area contributed by atoms with Crippen LogP contribution in [-0.2, 0) is 21.3 Å². The second-order valence-corrected chi connectivity index (χ2v) is 9.38. The van der Waals surface area contributed by atoms with E-state index in [0.717, 1.165) is 0 Å². The van der Waals surface area contributed by atoms with Crippen LogP contribution in [0, 0.1) is 11.3 Å². The zero-order valence-electron chi connectivity index (χ0n) is 15.5. The van der Waals surface area contributed by atoms with E-state index in [0.29, 0.717) is 49.4 Å². The number of hydrogen-bond acceptors (Lipinski definition) is 7. The highest BCUT2D eigenvalue weighted by atomic mass is 32.2. The van der Waals surface area contributed by atoms with Crippen molar-refractivity contribution in [3.8, 4) is 17.5 Å². The van der Waals surface area contributed by atoms with Gasteiger partial charge in [0.05, 0.1) is 29.4 Å². The SMILES string of the molecule is C=CCn1c(SC(C)C#N)nnc1-c1cccc(S(=O)(=O)N2CCOCC2)c1. The van der Waals surface area contributed by atoms with Crippen LogP contribution in [0.3, 0.4) is 0 Å². The Labute approximate surface area is 168 Å². The molecule has 0 aliphatic carbocycles. The molecule has 1 atom stereocenters. The smallest absolute Gasteiger partial charge is 0.243 e. The van der Waals surface area contributed by atoms with E-state index in [1.54, 1.807) is 37.3 Å². The average Bonchev–Trinajstić information content (AvgIpc) is 3.11. The summed E-state index contributed by atoms with van der Waals surface area (Å²) in [5.41, 5.74) is 0.639. The van der Waals surface area contributed by atoms with Gasteiger partial charge in [-0.1, -0.05) is 30.0 Å². The third kappa shape index (κ3) is 4.28. The summed E-state index contributed by atoms with van der Waals surface area (Å²) in [7, 11) is -3.61. The fraction of sp³-hybridized carbons (Fsp3) is 0.389. The molecule has 1 aliphatic rings.